The number of fused-ring (bicyclic) bond motifs is 2. The topological polar surface area (TPSA) is 58.3 Å². The molecular formula is C21H20N2O2. The highest BCUT2D eigenvalue weighted by Gasteiger charge is 2.58. The molecule has 2 aromatic heterocycles. The Morgan fingerprint density at radius 2 is 1.64 bits per heavy atom. The van der Waals surface area contributed by atoms with E-state index >= 15 is 0 Å². The first-order valence-corrected chi connectivity index (χ1v) is 9.17. The summed E-state index contributed by atoms with van der Waals surface area (Å²) in [5.41, 5.74) is 4.76. The molecule has 126 valence electrons. The monoisotopic (exact) mass is 332 g/mol. The van der Waals surface area contributed by atoms with E-state index < -0.39 is 0 Å². The fraction of sp³-hybridized carbons (Fsp3) is 0.381. The summed E-state index contributed by atoms with van der Waals surface area (Å²) < 4.78 is 1.64. The van der Waals surface area contributed by atoms with Crippen LogP contribution in [0.15, 0.2) is 30.3 Å². The van der Waals surface area contributed by atoms with Crippen LogP contribution >= 0.6 is 0 Å². The van der Waals surface area contributed by atoms with E-state index in [2.05, 4.69) is 4.98 Å². The number of aromatic nitrogens is 2. The van der Waals surface area contributed by atoms with Gasteiger partial charge in [0.2, 0.25) is 11.8 Å². The van der Waals surface area contributed by atoms with E-state index in [1.54, 1.807) is 4.57 Å². The Bertz CT molecular complexity index is 1010. The van der Waals surface area contributed by atoms with Gasteiger partial charge in [0.05, 0.1) is 11.2 Å². The predicted octanol–water partition coefficient (Wildman–Crippen LogP) is 4.36. The van der Waals surface area contributed by atoms with Gasteiger partial charge in [0.15, 0.2) is 0 Å². The molecule has 4 atom stereocenters. The SMILES string of the molecule is Cc1ccc2cc(-n3c(O)c4c(c3O)[C@@H]3CC[C@H]4[C@H]4C[C@H]43)ccc2n1. The van der Waals surface area contributed by atoms with E-state index in [-0.39, 0.29) is 11.8 Å². The van der Waals surface area contributed by atoms with Crippen LogP contribution in [0.4, 0.5) is 0 Å². The van der Waals surface area contributed by atoms with Crippen LogP contribution in [0.1, 0.15) is 47.9 Å². The Kier molecular flexibility index (Phi) is 2.40. The second-order valence-electron chi connectivity index (χ2n) is 7.99. The predicted molar refractivity (Wildman–Crippen MR) is 95.4 cm³/mol. The van der Waals surface area contributed by atoms with E-state index in [0.717, 1.165) is 58.1 Å². The first-order chi connectivity index (χ1) is 12.1. The summed E-state index contributed by atoms with van der Waals surface area (Å²) in [6.45, 7) is 1.98. The number of benzene rings is 1. The molecule has 4 nitrogen and oxygen atoms in total. The Balaban J connectivity index is 1.57. The van der Waals surface area contributed by atoms with Crippen molar-refractivity contribution in [1.82, 2.24) is 9.55 Å². The van der Waals surface area contributed by atoms with Gasteiger partial charge in [0.1, 0.15) is 0 Å². The highest BCUT2D eigenvalue weighted by molar-refractivity contribution is 5.81. The minimum atomic E-state index is 0.243. The highest BCUT2D eigenvalue weighted by atomic mass is 16.3. The summed E-state index contributed by atoms with van der Waals surface area (Å²) >= 11 is 0. The molecule has 0 saturated heterocycles. The normalized spacial score (nSPS) is 28.8. The van der Waals surface area contributed by atoms with Crippen LogP contribution < -0.4 is 0 Å². The number of pyridine rings is 1. The van der Waals surface area contributed by atoms with E-state index in [4.69, 9.17) is 0 Å². The molecule has 0 spiro atoms. The molecule has 0 amide bonds. The van der Waals surface area contributed by atoms with Crippen LogP contribution in [0.5, 0.6) is 11.8 Å². The fourth-order valence-electron chi connectivity index (χ4n) is 5.58. The minimum absolute atomic E-state index is 0.243. The van der Waals surface area contributed by atoms with E-state index in [0.29, 0.717) is 11.8 Å². The van der Waals surface area contributed by atoms with Gasteiger partial charge in [-0.25, -0.2) is 0 Å². The van der Waals surface area contributed by atoms with Crippen molar-refractivity contribution in [3.8, 4) is 17.4 Å². The van der Waals surface area contributed by atoms with Crippen molar-refractivity contribution in [3.05, 3.63) is 47.2 Å². The van der Waals surface area contributed by atoms with Crippen LogP contribution in [0.25, 0.3) is 16.6 Å². The molecule has 25 heavy (non-hydrogen) atoms. The van der Waals surface area contributed by atoms with E-state index in [1.165, 1.54) is 6.42 Å². The van der Waals surface area contributed by atoms with Gasteiger partial charge < -0.3 is 10.2 Å². The molecule has 7 rings (SSSR count). The van der Waals surface area contributed by atoms with Crippen LogP contribution in [0.2, 0.25) is 0 Å². The lowest BCUT2D eigenvalue weighted by molar-refractivity contribution is 0.322. The molecule has 2 heterocycles. The zero-order chi connectivity index (χ0) is 16.9. The molecule has 4 heteroatoms. The molecule has 2 fully saturated rings. The molecule has 1 aromatic carbocycles. The van der Waals surface area contributed by atoms with Gasteiger partial charge in [-0.1, -0.05) is 6.07 Å². The summed E-state index contributed by atoms with van der Waals surface area (Å²) in [5.74, 6) is 2.81. The van der Waals surface area contributed by atoms with Gasteiger partial charge >= 0.3 is 0 Å². The molecule has 2 saturated carbocycles. The molecule has 0 unspecified atom stereocenters. The van der Waals surface area contributed by atoms with E-state index in [9.17, 15) is 10.2 Å². The zero-order valence-electron chi connectivity index (χ0n) is 14.1. The lowest BCUT2D eigenvalue weighted by atomic mass is 9.68. The minimum Gasteiger partial charge on any atom is -0.494 e. The average Bonchev–Trinajstić information content (AvgIpc) is 3.39. The van der Waals surface area contributed by atoms with Crippen molar-refractivity contribution in [3.63, 3.8) is 0 Å². The summed E-state index contributed by atoms with van der Waals surface area (Å²) in [4.78, 5) is 4.54. The maximum absolute atomic E-state index is 11.0. The van der Waals surface area contributed by atoms with Crippen molar-refractivity contribution in [2.75, 3.05) is 0 Å². The van der Waals surface area contributed by atoms with Gasteiger partial charge in [0.25, 0.3) is 0 Å². The summed E-state index contributed by atoms with van der Waals surface area (Å²) in [6, 6.07) is 9.91. The van der Waals surface area contributed by atoms with Gasteiger partial charge in [-0.05, 0) is 74.1 Å². The molecular weight excluding hydrogens is 312 g/mol. The number of hydrogen-bond acceptors (Lipinski definition) is 3. The highest BCUT2D eigenvalue weighted by Crippen LogP contribution is 2.70. The van der Waals surface area contributed by atoms with Crippen molar-refractivity contribution in [2.45, 2.75) is 38.0 Å². The third kappa shape index (κ3) is 1.65. The van der Waals surface area contributed by atoms with Crippen molar-refractivity contribution < 1.29 is 10.2 Å². The molecule has 3 aromatic rings. The van der Waals surface area contributed by atoms with Gasteiger partial charge in [-0.15, -0.1) is 0 Å². The number of rotatable bonds is 1. The average molecular weight is 332 g/mol. The number of aryl methyl sites for hydroxylation is 1. The fourth-order valence-corrected chi connectivity index (χ4v) is 5.58. The van der Waals surface area contributed by atoms with Crippen molar-refractivity contribution in [2.24, 2.45) is 11.8 Å². The Labute approximate surface area is 145 Å². The Morgan fingerprint density at radius 1 is 0.960 bits per heavy atom. The molecule has 2 bridgehead atoms. The standard InChI is InChI=1S/C21H20N2O2/c1-10-2-3-11-8-12(4-7-17(11)22-10)23-20(24)18-13-5-6-14(16-9-15(13)16)19(18)21(23)25/h2-4,7-8,13-16,24-25H,5-6,9H2,1H3/t13-,14+,15+,16-. The third-order valence-corrected chi connectivity index (χ3v) is 6.72. The number of hydrogen-bond donors (Lipinski definition) is 2. The Hall–Kier alpha value is -2.49. The number of aromatic hydroxyl groups is 2. The van der Waals surface area contributed by atoms with Gasteiger partial charge in [-0.3, -0.25) is 9.55 Å². The van der Waals surface area contributed by atoms with Crippen LogP contribution in [0.3, 0.4) is 0 Å². The molecule has 4 aliphatic rings. The maximum Gasteiger partial charge on any atom is 0.202 e. The third-order valence-electron chi connectivity index (χ3n) is 6.72. The molecule has 4 aliphatic carbocycles. The van der Waals surface area contributed by atoms with Crippen LogP contribution in [0, 0.1) is 18.8 Å². The summed E-state index contributed by atoms with van der Waals surface area (Å²) in [7, 11) is 0. The van der Waals surface area contributed by atoms with E-state index in [1.807, 2.05) is 37.3 Å². The Morgan fingerprint density at radius 3 is 2.32 bits per heavy atom. The van der Waals surface area contributed by atoms with Crippen molar-refractivity contribution in [1.29, 1.82) is 0 Å². The first-order valence-electron chi connectivity index (χ1n) is 9.17. The molecule has 0 aliphatic heterocycles. The van der Waals surface area contributed by atoms with Gasteiger partial charge in [0, 0.05) is 22.2 Å². The van der Waals surface area contributed by atoms with Gasteiger partial charge in [-0.2, -0.15) is 0 Å². The first kappa shape index (κ1) is 13.8. The molecule has 2 N–H and O–H groups in total. The summed E-state index contributed by atoms with van der Waals surface area (Å²) in [5, 5.41) is 23.0. The maximum atomic E-state index is 11.0. The van der Waals surface area contributed by atoms with Crippen LogP contribution in [-0.2, 0) is 0 Å². The lowest BCUT2D eigenvalue weighted by Gasteiger charge is -2.35. The van der Waals surface area contributed by atoms with Crippen molar-refractivity contribution >= 4 is 10.9 Å². The van der Waals surface area contributed by atoms with Crippen LogP contribution in [-0.4, -0.2) is 19.8 Å². The lowest BCUT2D eigenvalue weighted by Crippen LogP contribution is -2.22. The largest absolute Gasteiger partial charge is 0.494 e. The smallest absolute Gasteiger partial charge is 0.202 e. The second kappa shape index (κ2) is 4.37. The second-order valence-corrected chi connectivity index (χ2v) is 7.99. The zero-order valence-corrected chi connectivity index (χ0v) is 14.1. The summed E-state index contributed by atoms with van der Waals surface area (Å²) in [6.07, 6.45) is 3.57. The molecule has 0 radical (unpaired) electrons. The quantitative estimate of drug-likeness (QED) is 0.696. The number of nitrogens with zero attached hydrogens (tertiary/aromatic N) is 2.